The van der Waals surface area contributed by atoms with Crippen LogP contribution in [0.25, 0.3) is 0 Å². The van der Waals surface area contributed by atoms with Gasteiger partial charge in [0.15, 0.2) is 0 Å². The van der Waals surface area contributed by atoms with E-state index in [1.165, 1.54) is 11.3 Å². The highest BCUT2D eigenvalue weighted by atomic mass is 32.1. The number of nitrogens with one attached hydrogen (secondary N) is 1. The minimum Gasteiger partial charge on any atom is -0.351 e. The summed E-state index contributed by atoms with van der Waals surface area (Å²) >= 11 is 1.42. The van der Waals surface area contributed by atoms with Crippen LogP contribution in [0.4, 0.5) is 0 Å². The maximum Gasteiger partial charge on any atom is 0.263 e. The van der Waals surface area contributed by atoms with E-state index < -0.39 is 0 Å². The van der Waals surface area contributed by atoms with Gasteiger partial charge in [0, 0.05) is 6.54 Å². The van der Waals surface area contributed by atoms with Crippen molar-refractivity contribution >= 4 is 17.2 Å². The first-order valence-electron chi connectivity index (χ1n) is 3.94. The van der Waals surface area contributed by atoms with Gasteiger partial charge in [-0.05, 0) is 13.3 Å². The highest BCUT2D eigenvalue weighted by Gasteiger charge is 2.06. The minimum absolute atomic E-state index is 0.0116. The lowest BCUT2D eigenvalue weighted by atomic mass is 10.4. The van der Waals surface area contributed by atoms with Gasteiger partial charge in [0.25, 0.3) is 5.91 Å². The molecule has 4 heteroatoms. The summed E-state index contributed by atoms with van der Waals surface area (Å²) in [5, 5.41) is 3.72. The molecular weight excluding hydrogens is 172 g/mol. The molecule has 1 aromatic heterocycles. The van der Waals surface area contributed by atoms with Gasteiger partial charge in [-0.15, -0.1) is 11.3 Å². The lowest BCUT2D eigenvalue weighted by molar-refractivity contribution is 0.0957. The predicted octanol–water partition coefficient (Wildman–Crippen LogP) is 1.59. The van der Waals surface area contributed by atoms with Crippen LogP contribution in [-0.4, -0.2) is 17.4 Å². The topological polar surface area (TPSA) is 42.0 Å². The van der Waals surface area contributed by atoms with Gasteiger partial charge in [0.2, 0.25) is 0 Å². The Hall–Kier alpha value is -0.900. The first-order chi connectivity index (χ1) is 5.74. The van der Waals surface area contributed by atoms with Gasteiger partial charge < -0.3 is 5.32 Å². The monoisotopic (exact) mass is 184 g/mol. The van der Waals surface area contributed by atoms with Gasteiger partial charge in [-0.1, -0.05) is 6.92 Å². The first kappa shape index (κ1) is 9.19. The summed E-state index contributed by atoms with van der Waals surface area (Å²) in [6, 6.07) is 0. The smallest absolute Gasteiger partial charge is 0.263 e. The third kappa shape index (κ3) is 2.30. The Balaban J connectivity index is 2.53. The zero-order chi connectivity index (χ0) is 8.97. The molecule has 0 bridgehead atoms. The Morgan fingerprint density at radius 1 is 1.75 bits per heavy atom. The molecule has 0 aliphatic carbocycles. The fourth-order valence-corrected chi connectivity index (χ4v) is 1.49. The first-order valence-corrected chi connectivity index (χ1v) is 4.76. The molecule has 0 unspecified atom stereocenters. The summed E-state index contributed by atoms with van der Waals surface area (Å²) in [4.78, 5) is 16.0. The second-order valence-corrected chi connectivity index (χ2v) is 3.73. The van der Waals surface area contributed by atoms with Crippen LogP contribution in [0.15, 0.2) is 6.20 Å². The van der Waals surface area contributed by atoms with E-state index in [1.807, 2.05) is 13.8 Å². The van der Waals surface area contributed by atoms with E-state index in [0.29, 0.717) is 4.88 Å². The number of hydrogen-bond acceptors (Lipinski definition) is 3. The molecule has 3 nitrogen and oxygen atoms in total. The lowest BCUT2D eigenvalue weighted by Crippen LogP contribution is -2.22. The van der Waals surface area contributed by atoms with Crippen molar-refractivity contribution in [2.75, 3.05) is 6.54 Å². The standard InChI is InChI=1S/C8H12N2OS/c1-3-4-9-8(11)7-5-10-6(2)12-7/h5H,3-4H2,1-2H3,(H,9,11). The van der Waals surface area contributed by atoms with Gasteiger partial charge in [-0.2, -0.15) is 0 Å². The molecule has 1 aromatic rings. The van der Waals surface area contributed by atoms with Crippen molar-refractivity contribution in [1.82, 2.24) is 10.3 Å². The number of nitrogens with zero attached hydrogens (tertiary/aromatic N) is 1. The van der Waals surface area contributed by atoms with Crippen LogP contribution in [0.2, 0.25) is 0 Å². The molecule has 1 N–H and O–H groups in total. The summed E-state index contributed by atoms with van der Waals surface area (Å²) in [5.41, 5.74) is 0. The number of rotatable bonds is 3. The van der Waals surface area contributed by atoms with Crippen LogP contribution in [0.3, 0.4) is 0 Å². The van der Waals surface area contributed by atoms with Gasteiger partial charge in [0.1, 0.15) is 4.88 Å². The molecule has 0 radical (unpaired) electrons. The number of carbonyl (C=O) groups is 1. The highest BCUT2D eigenvalue weighted by molar-refractivity contribution is 7.13. The average Bonchev–Trinajstić information content (AvgIpc) is 2.47. The van der Waals surface area contributed by atoms with E-state index in [-0.39, 0.29) is 5.91 Å². The molecule has 1 heterocycles. The van der Waals surface area contributed by atoms with Crippen molar-refractivity contribution in [1.29, 1.82) is 0 Å². The molecule has 0 spiro atoms. The van der Waals surface area contributed by atoms with Crippen molar-refractivity contribution < 1.29 is 4.79 Å². The Morgan fingerprint density at radius 3 is 3.00 bits per heavy atom. The summed E-state index contributed by atoms with van der Waals surface area (Å²) in [5.74, 6) is -0.0116. The summed E-state index contributed by atoms with van der Waals surface area (Å²) in [6.07, 6.45) is 2.58. The molecule has 0 saturated carbocycles. The van der Waals surface area contributed by atoms with E-state index in [2.05, 4.69) is 10.3 Å². The normalized spacial score (nSPS) is 9.83. The number of hydrogen-bond donors (Lipinski definition) is 1. The van der Waals surface area contributed by atoms with E-state index in [0.717, 1.165) is 18.0 Å². The zero-order valence-corrected chi connectivity index (χ0v) is 8.07. The molecule has 12 heavy (non-hydrogen) atoms. The van der Waals surface area contributed by atoms with Gasteiger partial charge in [-0.3, -0.25) is 4.79 Å². The Bertz CT molecular complexity index is 270. The van der Waals surface area contributed by atoms with Crippen molar-refractivity contribution in [3.05, 3.63) is 16.1 Å². The minimum atomic E-state index is -0.0116. The van der Waals surface area contributed by atoms with Crippen LogP contribution in [0.5, 0.6) is 0 Å². The van der Waals surface area contributed by atoms with Crippen LogP contribution in [0.1, 0.15) is 28.0 Å². The molecule has 0 aliphatic heterocycles. The van der Waals surface area contributed by atoms with Crippen LogP contribution in [-0.2, 0) is 0 Å². The summed E-state index contributed by atoms with van der Waals surface area (Å²) in [7, 11) is 0. The third-order valence-corrected chi connectivity index (χ3v) is 2.29. The number of carbonyl (C=O) groups excluding carboxylic acids is 1. The highest BCUT2D eigenvalue weighted by Crippen LogP contribution is 2.10. The largest absolute Gasteiger partial charge is 0.351 e. The molecule has 1 amide bonds. The van der Waals surface area contributed by atoms with Crippen LogP contribution >= 0.6 is 11.3 Å². The SMILES string of the molecule is CCCNC(=O)c1cnc(C)s1. The average molecular weight is 184 g/mol. The number of thiazole rings is 1. The Morgan fingerprint density at radius 2 is 2.50 bits per heavy atom. The maximum atomic E-state index is 11.3. The summed E-state index contributed by atoms with van der Waals surface area (Å²) in [6.45, 7) is 4.65. The molecule has 0 atom stereocenters. The van der Waals surface area contributed by atoms with Crippen molar-refractivity contribution in [3.8, 4) is 0 Å². The fourth-order valence-electron chi connectivity index (χ4n) is 0.792. The predicted molar refractivity (Wildman–Crippen MR) is 49.5 cm³/mol. The van der Waals surface area contributed by atoms with Crippen molar-refractivity contribution in [3.63, 3.8) is 0 Å². The van der Waals surface area contributed by atoms with E-state index in [4.69, 9.17) is 0 Å². The molecule has 1 rings (SSSR count). The van der Waals surface area contributed by atoms with Crippen molar-refractivity contribution in [2.24, 2.45) is 0 Å². The molecule has 0 aliphatic rings. The van der Waals surface area contributed by atoms with Crippen LogP contribution < -0.4 is 5.32 Å². The Labute approximate surface area is 75.8 Å². The maximum absolute atomic E-state index is 11.3. The fraction of sp³-hybridized carbons (Fsp3) is 0.500. The van der Waals surface area contributed by atoms with Crippen molar-refractivity contribution in [2.45, 2.75) is 20.3 Å². The molecule has 66 valence electrons. The van der Waals surface area contributed by atoms with Gasteiger partial charge in [0.05, 0.1) is 11.2 Å². The quantitative estimate of drug-likeness (QED) is 0.775. The third-order valence-electron chi connectivity index (χ3n) is 1.38. The van der Waals surface area contributed by atoms with Gasteiger partial charge in [-0.25, -0.2) is 4.98 Å². The number of aryl methyl sites for hydroxylation is 1. The number of aromatic nitrogens is 1. The molecule has 0 aromatic carbocycles. The summed E-state index contributed by atoms with van der Waals surface area (Å²) < 4.78 is 0. The second kappa shape index (κ2) is 4.21. The van der Waals surface area contributed by atoms with E-state index in [1.54, 1.807) is 6.20 Å². The van der Waals surface area contributed by atoms with Gasteiger partial charge >= 0.3 is 0 Å². The zero-order valence-electron chi connectivity index (χ0n) is 7.26. The lowest BCUT2D eigenvalue weighted by Gasteiger charge is -1.98. The number of amides is 1. The Kier molecular flexibility index (Phi) is 3.22. The van der Waals surface area contributed by atoms with E-state index in [9.17, 15) is 4.79 Å². The van der Waals surface area contributed by atoms with Crippen LogP contribution in [0, 0.1) is 6.92 Å². The second-order valence-electron chi connectivity index (χ2n) is 2.50. The van der Waals surface area contributed by atoms with E-state index >= 15 is 0 Å². The molecule has 0 saturated heterocycles. The molecular formula is C8H12N2OS. The molecule has 0 fully saturated rings.